The quantitative estimate of drug-likeness (QED) is 0.762. The van der Waals surface area contributed by atoms with Gasteiger partial charge in [-0.2, -0.15) is 0 Å². The molecule has 0 spiro atoms. The van der Waals surface area contributed by atoms with E-state index < -0.39 is 0 Å². The normalized spacial score (nSPS) is 23.1. The molecule has 1 aromatic rings. The van der Waals surface area contributed by atoms with E-state index in [-0.39, 0.29) is 5.91 Å². The second-order valence-electron chi connectivity index (χ2n) is 5.24. The third-order valence-electron chi connectivity index (χ3n) is 3.84. The van der Waals surface area contributed by atoms with Crippen molar-refractivity contribution in [1.29, 1.82) is 0 Å². The fraction of sp³-hybridized carbons (Fsp3) is 0.533. The van der Waals surface area contributed by atoms with Crippen molar-refractivity contribution < 1.29 is 4.79 Å². The highest BCUT2D eigenvalue weighted by Crippen LogP contribution is 2.26. The zero-order valence-corrected chi connectivity index (χ0v) is 14.3. The minimum Gasteiger partial charge on any atom is -0.349 e. The van der Waals surface area contributed by atoms with Crippen LogP contribution in [-0.4, -0.2) is 17.3 Å². The van der Waals surface area contributed by atoms with E-state index in [2.05, 4.69) is 37.2 Å². The summed E-state index contributed by atoms with van der Waals surface area (Å²) in [5.41, 5.74) is 1.84. The molecule has 0 aliphatic heterocycles. The van der Waals surface area contributed by atoms with Crippen LogP contribution < -0.4 is 5.32 Å². The maximum atomic E-state index is 12.3. The lowest BCUT2D eigenvalue weighted by molar-refractivity contribution is 0.0911. The number of alkyl halides is 1. The molecule has 1 N–H and O–H groups in total. The first-order valence-corrected chi connectivity index (χ1v) is 8.66. The van der Waals surface area contributed by atoms with Crippen molar-refractivity contribution in [3.63, 3.8) is 0 Å². The van der Waals surface area contributed by atoms with Gasteiger partial charge in [0.1, 0.15) is 0 Å². The van der Waals surface area contributed by atoms with Gasteiger partial charge in [0.15, 0.2) is 0 Å². The summed E-state index contributed by atoms with van der Waals surface area (Å²) >= 11 is 7.02. The van der Waals surface area contributed by atoms with E-state index in [4.69, 9.17) is 0 Å². The first kappa shape index (κ1) is 15.0. The van der Waals surface area contributed by atoms with Crippen LogP contribution in [0.1, 0.15) is 41.6 Å². The van der Waals surface area contributed by atoms with E-state index in [9.17, 15) is 4.79 Å². The molecular weight excluding hydrogens is 370 g/mol. The van der Waals surface area contributed by atoms with Crippen LogP contribution in [0.5, 0.6) is 0 Å². The molecule has 2 atom stereocenters. The maximum Gasteiger partial charge on any atom is 0.251 e. The smallest absolute Gasteiger partial charge is 0.251 e. The van der Waals surface area contributed by atoms with E-state index in [1.807, 2.05) is 25.1 Å². The Morgan fingerprint density at radius 2 is 2.11 bits per heavy atom. The number of halogens is 2. The van der Waals surface area contributed by atoms with Crippen molar-refractivity contribution in [2.24, 2.45) is 5.92 Å². The number of hydrogen-bond acceptors (Lipinski definition) is 1. The Hall–Kier alpha value is -0.350. The van der Waals surface area contributed by atoms with E-state index >= 15 is 0 Å². The highest BCUT2D eigenvalue weighted by molar-refractivity contribution is 9.10. The molecule has 4 heteroatoms. The minimum absolute atomic E-state index is 0.0495. The first-order chi connectivity index (χ1) is 9.11. The van der Waals surface area contributed by atoms with Gasteiger partial charge in [0.2, 0.25) is 0 Å². The van der Waals surface area contributed by atoms with Crippen LogP contribution in [0.3, 0.4) is 0 Å². The van der Waals surface area contributed by atoms with Gasteiger partial charge >= 0.3 is 0 Å². The number of hydrogen-bond donors (Lipinski definition) is 1. The first-order valence-electron chi connectivity index (χ1n) is 6.75. The van der Waals surface area contributed by atoms with Crippen molar-refractivity contribution in [2.45, 2.75) is 38.6 Å². The molecule has 2 nitrogen and oxygen atoms in total. The number of carbonyl (C=O) groups excluding carboxylic acids is 1. The van der Waals surface area contributed by atoms with Gasteiger partial charge in [0.05, 0.1) is 0 Å². The van der Waals surface area contributed by atoms with Crippen molar-refractivity contribution in [2.75, 3.05) is 5.33 Å². The van der Waals surface area contributed by atoms with Gasteiger partial charge in [-0.3, -0.25) is 4.79 Å². The van der Waals surface area contributed by atoms with Gasteiger partial charge in [-0.1, -0.05) is 44.7 Å². The van der Waals surface area contributed by atoms with Crippen LogP contribution in [0.25, 0.3) is 0 Å². The van der Waals surface area contributed by atoms with E-state index in [0.717, 1.165) is 27.4 Å². The molecule has 2 unspecified atom stereocenters. The molecule has 0 aromatic heterocycles. The zero-order chi connectivity index (χ0) is 13.8. The largest absolute Gasteiger partial charge is 0.349 e. The lowest BCUT2D eigenvalue weighted by Gasteiger charge is -2.31. The average Bonchev–Trinajstić information content (AvgIpc) is 2.42. The van der Waals surface area contributed by atoms with Gasteiger partial charge < -0.3 is 5.32 Å². The van der Waals surface area contributed by atoms with Crippen LogP contribution in [0.2, 0.25) is 0 Å². The molecule has 104 valence electrons. The number of carbonyl (C=O) groups is 1. The summed E-state index contributed by atoms with van der Waals surface area (Å²) < 4.78 is 1.04. The molecule has 1 aliphatic rings. The number of benzene rings is 1. The maximum absolute atomic E-state index is 12.3. The zero-order valence-electron chi connectivity index (χ0n) is 11.1. The standard InChI is InChI=1S/C15H19Br2NO/c1-10-8-11(6-7-13(10)17)15(19)18-14-5-3-2-4-12(14)9-16/h6-8,12,14H,2-5,9H2,1H3,(H,18,19). The lowest BCUT2D eigenvalue weighted by Crippen LogP contribution is -2.42. The van der Waals surface area contributed by atoms with Crippen molar-refractivity contribution in [3.05, 3.63) is 33.8 Å². The Kier molecular flexibility index (Phi) is 5.46. The summed E-state index contributed by atoms with van der Waals surface area (Å²) in [7, 11) is 0. The Balaban J connectivity index is 2.05. The lowest BCUT2D eigenvalue weighted by atomic mass is 9.86. The molecular formula is C15H19Br2NO. The molecule has 0 heterocycles. The molecule has 1 saturated carbocycles. The molecule has 1 fully saturated rings. The van der Waals surface area contributed by atoms with Gasteiger partial charge in [-0.05, 0) is 49.4 Å². The molecule has 19 heavy (non-hydrogen) atoms. The molecule has 2 rings (SSSR count). The van der Waals surface area contributed by atoms with Crippen molar-refractivity contribution in [1.82, 2.24) is 5.32 Å². The van der Waals surface area contributed by atoms with Crippen LogP contribution in [-0.2, 0) is 0 Å². The number of rotatable bonds is 3. The third kappa shape index (κ3) is 3.82. The number of nitrogens with one attached hydrogen (secondary N) is 1. The number of amides is 1. The van der Waals surface area contributed by atoms with Gasteiger partial charge in [0.25, 0.3) is 5.91 Å². The van der Waals surface area contributed by atoms with Gasteiger partial charge in [0, 0.05) is 21.4 Å². The topological polar surface area (TPSA) is 29.1 Å². The number of aryl methyl sites for hydroxylation is 1. The minimum atomic E-state index is 0.0495. The highest BCUT2D eigenvalue weighted by Gasteiger charge is 2.25. The molecule has 1 aromatic carbocycles. The predicted molar refractivity (Wildman–Crippen MR) is 85.9 cm³/mol. The second kappa shape index (κ2) is 6.89. The third-order valence-corrected chi connectivity index (χ3v) is 5.57. The fourth-order valence-electron chi connectivity index (χ4n) is 2.62. The van der Waals surface area contributed by atoms with Crippen molar-refractivity contribution in [3.8, 4) is 0 Å². The second-order valence-corrected chi connectivity index (χ2v) is 6.74. The van der Waals surface area contributed by atoms with Crippen molar-refractivity contribution >= 4 is 37.8 Å². The Labute approximate surface area is 131 Å². The van der Waals surface area contributed by atoms with Gasteiger partial charge in [-0.25, -0.2) is 0 Å². The van der Waals surface area contributed by atoms with E-state index in [0.29, 0.717) is 12.0 Å². The molecule has 0 bridgehead atoms. The molecule has 1 amide bonds. The van der Waals surface area contributed by atoms with E-state index in [1.165, 1.54) is 19.3 Å². The highest BCUT2D eigenvalue weighted by atomic mass is 79.9. The summed E-state index contributed by atoms with van der Waals surface area (Å²) in [6.07, 6.45) is 4.79. The van der Waals surface area contributed by atoms with E-state index in [1.54, 1.807) is 0 Å². The summed E-state index contributed by atoms with van der Waals surface area (Å²) in [5.74, 6) is 0.614. The van der Waals surface area contributed by atoms with Crippen LogP contribution >= 0.6 is 31.9 Å². The molecule has 1 aliphatic carbocycles. The SMILES string of the molecule is Cc1cc(C(=O)NC2CCCCC2CBr)ccc1Br. The van der Waals surface area contributed by atoms with Crippen LogP contribution in [0.4, 0.5) is 0 Å². The Bertz CT molecular complexity index is 461. The molecule has 0 saturated heterocycles. The fourth-order valence-corrected chi connectivity index (χ4v) is 3.64. The Morgan fingerprint density at radius 3 is 2.79 bits per heavy atom. The van der Waals surface area contributed by atoms with Crippen LogP contribution in [0.15, 0.2) is 22.7 Å². The molecule has 0 radical (unpaired) electrons. The van der Waals surface area contributed by atoms with Gasteiger partial charge in [-0.15, -0.1) is 0 Å². The summed E-state index contributed by atoms with van der Waals surface area (Å²) in [6, 6.07) is 6.06. The summed E-state index contributed by atoms with van der Waals surface area (Å²) in [5, 5.41) is 4.17. The monoisotopic (exact) mass is 387 g/mol. The predicted octanol–water partition coefficient (Wildman–Crippen LogP) is 4.44. The van der Waals surface area contributed by atoms with Crippen LogP contribution in [0, 0.1) is 12.8 Å². The summed E-state index contributed by atoms with van der Waals surface area (Å²) in [6.45, 7) is 2.00. The average molecular weight is 389 g/mol. The Morgan fingerprint density at radius 1 is 1.37 bits per heavy atom. The summed E-state index contributed by atoms with van der Waals surface area (Å²) in [4.78, 5) is 12.3.